The molecule has 1 aromatic heterocycles. The molecule has 0 aliphatic heterocycles. The lowest BCUT2D eigenvalue weighted by molar-refractivity contribution is 0.304. The van der Waals surface area contributed by atoms with E-state index in [2.05, 4.69) is 5.10 Å². The van der Waals surface area contributed by atoms with Crippen LogP contribution in [0.4, 0.5) is 5.82 Å². The minimum Gasteiger partial charge on any atom is -0.488 e. The Kier molecular flexibility index (Phi) is 2.90. The molecule has 0 bridgehead atoms. The zero-order valence-electron chi connectivity index (χ0n) is 11.0. The van der Waals surface area contributed by atoms with Crippen LogP contribution in [0.1, 0.15) is 18.4 Å². The maximum Gasteiger partial charge on any atom is 0.147 e. The van der Waals surface area contributed by atoms with Gasteiger partial charge in [-0.1, -0.05) is 11.6 Å². The van der Waals surface area contributed by atoms with E-state index in [0.29, 0.717) is 22.7 Å². The predicted molar refractivity (Wildman–Crippen MR) is 76.5 cm³/mol. The van der Waals surface area contributed by atoms with Gasteiger partial charge in [-0.2, -0.15) is 5.10 Å². The molecule has 2 aromatic rings. The monoisotopic (exact) mass is 277 g/mol. The van der Waals surface area contributed by atoms with Gasteiger partial charge < -0.3 is 10.5 Å². The second-order valence-electron chi connectivity index (χ2n) is 5.02. The quantitative estimate of drug-likeness (QED) is 0.937. The summed E-state index contributed by atoms with van der Waals surface area (Å²) in [6, 6.07) is 5.78. The normalized spacial score (nSPS) is 14.7. The molecule has 2 N–H and O–H groups in total. The molecule has 0 radical (unpaired) electrons. The van der Waals surface area contributed by atoms with Crippen molar-refractivity contribution in [3.05, 3.63) is 28.8 Å². The van der Waals surface area contributed by atoms with Crippen molar-refractivity contribution in [2.75, 3.05) is 5.73 Å². The zero-order chi connectivity index (χ0) is 13.6. The largest absolute Gasteiger partial charge is 0.488 e. The van der Waals surface area contributed by atoms with Gasteiger partial charge in [0, 0.05) is 18.7 Å². The molecule has 0 amide bonds. The smallest absolute Gasteiger partial charge is 0.147 e. The second-order valence-corrected chi connectivity index (χ2v) is 5.43. The summed E-state index contributed by atoms with van der Waals surface area (Å²) in [7, 11) is 1.82. The summed E-state index contributed by atoms with van der Waals surface area (Å²) in [6.07, 6.45) is 2.47. The molecule has 19 heavy (non-hydrogen) atoms. The summed E-state index contributed by atoms with van der Waals surface area (Å²) >= 11 is 6.31. The second kappa shape index (κ2) is 4.46. The third-order valence-corrected chi connectivity index (χ3v) is 3.47. The number of nitrogens with zero attached hydrogens (tertiary/aromatic N) is 2. The number of ether oxygens (including phenoxy) is 1. The number of anilines is 1. The molecule has 1 aliphatic carbocycles. The van der Waals surface area contributed by atoms with E-state index in [1.54, 1.807) is 4.68 Å². The molecule has 4 nitrogen and oxygen atoms in total. The Hall–Kier alpha value is -1.68. The number of aryl methyl sites for hydroxylation is 2. The topological polar surface area (TPSA) is 53.1 Å². The number of aromatic nitrogens is 2. The van der Waals surface area contributed by atoms with E-state index < -0.39 is 0 Å². The molecule has 1 heterocycles. The first kappa shape index (κ1) is 12.4. The molecular weight excluding hydrogens is 262 g/mol. The molecule has 0 atom stereocenters. The highest BCUT2D eigenvalue weighted by Crippen LogP contribution is 2.40. The average Bonchev–Trinajstić information content (AvgIpc) is 3.09. The summed E-state index contributed by atoms with van der Waals surface area (Å²) < 4.78 is 7.57. The van der Waals surface area contributed by atoms with Crippen molar-refractivity contribution in [3.8, 4) is 17.0 Å². The highest BCUT2D eigenvalue weighted by atomic mass is 35.5. The van der Waals surface area contributed by atoms with Gasteiger partial charge in [-0.25, -0.2) is 0 Å². The first-order chi connectivity index (χ1) is 9.04. The molecule has 5 heteroatoms. The van der Waals surface area contributed by atoms with Gasteiger partial charge in [0.15, 0.2) is 0 Å². The van der Waals surface area contributed by atoms with Crippen molar-refractivity contribution >= 4 is 17.4 Å². The van der Waals surface area contributed by atoms with Crippen molar-refractivity contribution in [1.82, 2.24) is 9.78 Å². The van der Waals surface area contributed by atoms with E-state index >= 15 is 0 Å². The number of nitrogen functional groups attached to an aromatic ring is 1. The van der Waals surface area contributed by atoms with E-state index in [0.717, 1.165) is 29.7 Å². The molecule has 3 rings (SSSR count). The highest BCUT2D eigenvalue weighted by Gasteiger charge is 2.26. The third kappa shape index (κ3) is 2.40. The first-order valence-electron chi connectivity index (χ1n) is 6.31. The molecule has 1 saturated carbocycles. The fraction of sp³-hybridized carbons (Fsp3) is 0.357. The summed E-state index contributed by atoms with van der Waals surface area (Å²) in [5.41, 5.74) is 8.62. The van der Waals surface area contributed by atoms with Crippen LogP contribution >= 0.6 is 11.6 Å². The third-order valence-electron chi connectivity index (χ3n) is 3.19. The standard InChI is InChI=1S/C14H16ClN3O/c1-8-5-10(12-7-13(16)18(2)17-12)14(11(15)6-8)19-9-3-4-9/h5-7,9H,3-4,16H2,1-2H3. The lowest BCUT2D eigenvalue weighted by Gasteiger charge is -2.12. The fourth-order valence-corrected chi connectivity index (χ4v) is 2.32. The lowest BCUT2D eigenvalue weighted by Crippen LogP contribution is -2.00. The SMILES string of the molecule is Cc1cc(Cl)c(OC2CC2)c(-c2cc(N)n(C)n2)c1. The molecule has 0 spiro atoms. The van der Waals surface area contributed by atoms with Crippen LogP contribution in [-0.2, 0) is 7.05 Å². The zero-order valence-corrected chi connectivity index (χ0v) is 11.7. The Balaban J connectivity index is 2.11. The molecule has 100 valence electrons. The van der Waals surface area contributed by atoms with E-state index in [1.807, 2.05) is 32.2 Å². The molecule has 0 unspecified atom stereocenters. The van der Waals surface area contributed by atoms with Crippen LogP contribution in [0, 0.1) is 6.92 Å². The van der Waals surface area contributed by atoms with Crippen LogP contribution in [0.5, 0.6) is 5.75 Å². The highest BCUT2D eigenvalue weighted by molar-refractivity contribution is 6.32. The molecular formula is C14H16ClN3O. The van der Waals surface area contributed by atoms with Gasteiger partial charge in [0.1, 0.15) is 11.6 Å². The van der Waals surface area contributed by atoms with Crippen LogP contribution < -0.4 is 10.5 Å². The first-order valence-corrected chi connectivity index (χ1v) is 6.69. The molecule has 1 fully saturated rings. The number of hydrogen-bond acceptors (Lipinski definition) is 3. The lowest BCUT2D eigenvalue weighted by atomic mass is 10.1. The van der Waals surface area contributed by atoms with E-state index in [9.17, 15) is 0 Å². The minimum atomic E-state index is 0.292. The Bertz CT molecular complexity index is 612. The minimum absolute atomic E-state index is 0.292. The van der Waals surface area contributed by atoms with Crippen molar-refractivity contribution in [3.63, 3.8) is 0 Å². The van der Waals surface area contributed by atoms with E-state index in [4.69, 9.17) is 22.1 Å². The maximum atomic E-state index is 6.31. The van der Waals surface area contributed by atoms with Gasteiger partial charge in [-0.3, -0.25) is 4.68 Å². The number of halogens is 1. The van der Waals surface area contributed by atoms with E-state index in [1.165, 1.54) is 0 Å². The van der Waals surface area contributed by atoms with Crippen molar-refractivity contribution in [2.24, 2.45) is 7.05 Å². The summed E-state index contributed by atoms with van der Waals surface area (Å²) in [4.78, 5) is 0. The summed E-state index contributed by atoms with van der Waals surface area (Å²) in [5, 5.41) is 5.03. The van der Waals surface area contributed by atoms with Crippen molar-refractivity contribution in [2.45, 2.75) is 25.9 Å². The number of nitrogens with two attached hydrogens (primary N) is 1. The van der Waals surface area contributed by atoms with Gasteiger partial charge in [-0.15, -0.1) is 0 Å². The van der Waals surface area contributed by atoms with Crippen LogP contribution in [0.15, 0.2) is 18.2 Å². The van der Waals surface area contributed by atoms with Crippen LogP contribution in [0.25, 0.3) is 11.3 Å². The Morgan fingerprint density at radius 1 is 1.37 bits per heavy atom. The molecule has 1 aliphatic rings. The predicted octanol–water partition coefficient (Wildman–Crippen LogP) is 3.17. The molecule has 1 aromatic carbocycles. The van der Waals surface area contributed by atoms with Crippen molar-refractivity contribution in [1.29, 1.82) is 0 Å². The number of benzene rings is 1. The number of hydrogen-bond donors (Lipinski definition) is 1. The fourth-order valence-electron chi connectivity index (χ4n) is 2.00. The van der Waals surface area contributed by atoms with E-state index in [-0.39, 0.29) is 0 Å². The van der Waals surface area contributed by atoms with Crippen LogP contribution in [-0.4, -0.2) is 15.9 Å². The van der Waals surface area contributed by atoms with Gasteiger partial charge in [0.25, 0.3) is 0 Å². The van der Waals surface area contributed by atoms with Crippen LogP contribution in [0.3, 0.4) is 0 Å². The maximum absolute atomic E-state index is 6.31. The Labute approximate surface area is 117 Å². The van der Waals surface area contributed by atoms with Gasteiger partial charge in [0.05, 0.1) is 16.8 Å². The van der Waals surface area contributed by atoms with Gasteiger partial charge in [-0.05, 0) is 37.5 Å². The van der Waals surface area contributed by atoms with Gasteiger partial charge in [0.2, 0.25) is 0 Å². The Morgan fingerprint density at radius 3 is 2.68 bits per heavy atom. The van der Waals surface area contributed by atoms with Gasteiger partial charge >= 0.3 is 0 Å². The summed E-state index contributed by atoms with van der Waals surface area (Å²) in [5.74, 6) is 1.33. The van der Waals surface area contributed by atoms with Crippen molar-refractivity contribution < 1.29 is 4.74 Å². The summed E-state index contributed by atoms with van der Waals surface area (Å²) in [6.45, 7) is 2.00. The van der Waals surface area contributed by atoms with Crippen LogP contribution in [0.2, 0.25) is 5.02 Å². The Morgan fingerprint density at radius 2 is 2.11 bits per heavy atom. The molecule has 0 saturated heterocycles. The number of rotatable bonds is 3. The average molecular weight is 278 g/mol.